The maximum atomic E-state index is 5.60. The van der Waals surface area contributed by atoms with Gasteiger partial charge in [0.25, 0.3) is 0 Å². The van der Waals surface area contributed by atoms with Crippen molar-refractivity contribution in [3.05, 3.63) is 152 Å². The fourth-order valence-electron chi connectivity index (χ4n) is 8.44. The lowest BCUT2D eigenvalue weighted by atomic mass is 9.90. The Morgan fingerprint density at radius 2 is 0.714 bits per heavy atom. The van der Waals surface area contributed by atoms with Crippen LogP contribution in [-0.4, -0.2) is 30.9 Å². The third-order valence-electron chi connectivity index (χ3n) is 10.9. The van der Waals surface area contributed by atoms with E-state index in [0.29, 0.717) is 50.2 Å². The molecule has 0 unspecified atom stereocenters. The van der Waals surface area contributed by atoms with Gasteiger partial charge in [0.2, 0.25) is 0 Å². The molecule has 0 radical (unpaired) electrons. The Hall–Kier alpha value is -7.98. The summed E-state index contributed by atoms with van der Waals surface area (Å²) in [5.74, 6) is 0. The molecule has 56 heavy (non-hydrogen) atoms. The average Bonchev–Trinajstić information content (AvgIpc) is 4.05. The van der Waals surface area contributed by atoms with Crippen LogP contribution in [0.2, 0.25) is 0 Å². The van der Waals surface area contributed by atoms with Crippen LogP contribution in [0.5, 0.6) is 0 Å². The molecular formula is C46H25N7O3. The first-order chi connectivity index (χ1) is 27.8. The zero-order valence-electron chi connectivity index (χ0n) is 29.3. The van der Waals surface area contributed by atoms with E-state index in [1.165, 1.54) is 0 Å². The summed E-state index contributed by atoms with van der Waals surface area (Å²) in [6.07, 6.45) is 0. The molecule has 0 amide bonds. The maximum absolute atomic E-state index is 5.60. The zero-order valence-corrected chi connectivity index (χ0v) is 29.3. The molecular weight excluding hydrogens is 699 g/mol. The fraction of sp³-hybridized carbons (Fsp3) is 0. The second-order valence-corrected chi connectivity index (χ2v) is 13.8. The topological polar surface area (TPSA) is 120 Å². The van der Waals surface area contributed by atoms with Crippen LogP contribution < -0.4 is 4.90 Å². The predicted octanol–water partition coefficient (Wildman–Crippen LogP) is 11.7. The van der Waals surface area contributed by atoms with E-state index < -0.39 is 0 Å². The molecule has 0 saturated carbocycles. The van der Waals surface area contributed by atoms with E-state index in [9.17, 15) is 0 Å². The van der Waals surface area contributed by atoms with Gasteiger partial charge >= 0.3 is 0 Å². The van der Waals surface area contributed by atoms with E-state index in [0.717, 1.165) is 65.3 Å². The lowest BCUT2D eigenvalue weighted by molar-refractivity contribution is 0.315. The zero-order chi connectivity index (χ0) is 36.7. The standard InChI is InChI=1S/C46H25N7O3/c1-5-14-30-26(10-1)24-27-11-2-6-15-31(27)40(30)34-20-22-38(45-42(34)48-55-51-45)53(37-19-9-18-36-44(37)50-54-47-36)39-23-21-35(43-46(39)52-56-49-43)41-32-16-7-3-12-28(32)25-29-13-4-8-17-33(29)41/h1-25H. The highest BCUT2D eigenvalue weighted by Gasteiger charge is 2.28. The van der Waals surface area contributed by atoms with Crippen LogP contribution in [0.1, 0.15) is 0 Å². The van der Waals surface area contributed by atoms with Crippen LogP contribution in [0.25, 0.3) is 98.4 Å². The van der Waals surface area contributed by atoms with Crippen molar-refractivity contribution in [2.75, 3.05) is 4.90 Å². The van der Waals surface area contributed by atoms with Crippen molar-refractivity contribution < 1.29 is 13.9 Å². The summed E-state index contributed by atoms with van der Waals surface area (Å²) in [7, 11) is 0. The molecule has 262 valence electrons. The molecule has 3 heterocycles. The van der Waals surface area contributed by atoms with E-state index >= 15 is 0 Å². The first kappa shape index (κ1) is 30.5. The Kier molecular flexibility index (Phi) is 6.40. The fourth-order valence-corrected chi connectivity index (χ4v) is 8.44. The summed E-state index contributed by atoms with van der Waals surface area (Å²) >= 11 is 0. The van der Waals surface area contributed by atoms with Gasteiger partial charge in [0.1, 0.15) is 16.6 Å². The van der Waals surface area contributed by atoms with E-state index in [-0.39, 0.29) is 0 Å². The van der Waals surface area contributed by atoms with Gasteiger partial charge in [-0.25, -0.2) is 13.9 Å². The monoisotopic (exact) mass is 723 g/mol. The minimum absolute atomic E-state index is 0.543. The van der Waals surface area contributed by atoms with Crippen molar-refractivity contribution in [1.82, 2.24) is 30.9 Å². The lowest BCUT2D eigenvalue weighted by Gasteiger charge is -2.26. The molecule has 0 aliphatic carbocycles. The number of hydrogen-bond donors (Lipinski definition) is 0. The van der Waals surface area contributed by atoms with Crippen molar-refractivity contribution in [3.63, 3.8) is 0 Å². The van der Waals surface area contributed by atoms with Crippen LogP contribution >= 0.6 is 0 Å². The molecule has 3 aromatic heterocycles. The molecule has 0 bridgehead atoms. The Balaban J connectivity index is 1.14. The van der Waals surface area contributed by atoms with E-state index in [2.05, 4.69) is 152 Å². The number of nitrogens with zero attached hydrogens (tertiary/aromatic N) is 7. The first-order valence-corrected chi connectivity index (χ1v) is 18.1. The van der Waals surface area contributed by atoms with Crippen molar-refractivity contribution in [2.24, 2.45) is 0 Å². The molecule has 12 rings (SSSR count). The molecule has 10 nitrogen and oxygen atoms in total. The van der Waals surface area contributed by atoms with Gasteiger partial charge in [-0.05, 0) is 134 Å². The normalized spacial score (nSPS) is 11.9. The van der Waals surface area contributed by atoms with E-state index in [1.807, 2.05) is 35.2 Å². The molecule has 0 saturated heterocycles. The van der Waals surface area contributed by atoms with Gasteiger partial charge in [-0.2, -0.15) is 0 Å². The summed E-state index contributed by atoms with van der Waals surface area (Å²) in [6, 6.07) is 52.0. The van der Waals surface area contributed by atoms with E-state index in [4.69, 9.17) is 13.9 Å². The average molecular weight is 724 g/mol. The van der Waals surface area contributed by atoms with Crippen molar-refractivity contribution in [2.45, 2.75) is 0 Å². The minimum Gasteiger partial charge on any atom is -0.303 e. The maximum Gasteiger partial charge on any atom is 0.159 e. The molecule has 12 aromatic rings. The number of anilines is 3. The SMILES string of the molecule is c1ccc2c(-c3ccc(N(c4cccc5nonc45)c4ccc(-c5c6ccccc6cc6ccccc56)c5nonc45)c4nonc34)c3ccccc3cc2c1. The van der Waals surface area contributed by atoms with Gasteiger partial charge in [-0.15, -0.1) is 0 Å². The number of aromatic nitrogens is 6. The second kappa shape index (κ2) is 11.8. The summed E-state index contributed by atoms with van der Waals surface area (Å²) in [4.78, 5) is 2.03. The molecule has 0 spiro atoms. The van der Waals surface area contributed by atoms with Gasteiger partial charge in [0.05, 0.1) is 17.1 Å². The van der Waals surface area contributed by atoms with Crippen molar-refractivity contribution >= 4 is 93.3 Å². The van der Waals surface area contributed by atoms with Crippen LogP contribution in [0, 0.1) is 0 Å². The summed E-state index contributed by atoms with van der Waals surface area (Å²) < 4.78 is 16.5. The summed E-state index contributed by atoms with van der Waals surface area (Å²) in [5.41, 5.74) is 9.37. The number of hydrogen-bond acceptors (Lipinski definition) is 10. The van der Waals surface area contributed by atoms with Gasteiger partial charge in [0, 0.05) is 11.1 Å². The van der Waals surface area contributed by atoms with Crippen LogP contribution in [-0.2, 0) is 0 Å². The predicted molar refractivity (Wildman–Crippen MR) is 218 cm³/mol. The Morgan fingerprint density at radius 3 is 1.20 bits per heavy atom. The van der Waals surface area contributed by atoms with Crippen molar-refractivity contribution in [3.8, 4) is 22.3 Å². The summed E-state index contributed by atoms with van der Waals surface area (Å²) in [5, 5.41) is 35.7. The highest BCUT2D eigenvalue weighted by Crippen LogP contribution is 2.48. The largest absolute Gasteiger partial charge is 0.303 e. The first-order valence-electron chi connectivity index (χ1n) is 18.1. The quantitative estimate of drug-likeness (QED) is 0.159. The van der Waals surface area contributed by atoms with Gasteiger partial charge in [0.15, 0.2) is 16.6 Å². The molecule has 10 heteroatoms. The highest BCUT2D eigenvalue weighted by atomic mass is 16.6. The molecule has 0 aliphatic rings. The second-order valence-electron chi connectivity index (χ2n) is 13.8. The third kappa shape index (κ3) is 4.37. The molecule has 9 aromatic carbocycles. The third-order valence-corrected chi connectivity index (χ3v) is 10.9. The van der Waals surface area contributed by atoms with Crippen LogP contribution in [0.3, 0.4) is 0 Å². The van der Waals surface area contributed by atoms with Crippen molar-refractivity contribution in [1.29, 1.82) is 0 Å². The van der Waals surface area contributed by atoms with Crippen LogP contribution in [0.4, 0.5) is 17.1 Å². The molecule has 0 aliphatic heterocycles. The molecule has 0 N–H and O–H groups in total. The van der Waals surface area contributed by atoms with Gasteiger partial charge in [-0.1, -0.05) is 103 Å². The highest BCUT2D eigenvalue weighted by molar-refractivity contribution is 6.19. The van der Waals surface area contributed by atoms with Gasteiger partial charge < -0.3 is 4.90 Å². The molecule has 0 fully saturated rings. The Morgan fingerprint density at radius 1 is 0.321 bits per heavy atom. The summed E-state index contributed by atoms with van der Waals surface area (Å²) in [6.45, 7) is 0. The smallest absolute Gasteiger partial charge is 0.159 e. The number of benzene rings is 9. The molecule has 0 atom stereocenters. The van der Waals surface area contributed by atoms with E-state index in [1.54, 1.807) is 0 Å². The Bertz CT molecular complexity index is 3230. The lowest BCUT2D eigenvalue weighted by Crippen LogP contribution is -2.12. The van der Waals surface area contributed by atoms with Gasteiger partial charge in [-0.3, -0.25) is 0 Å². The Labute approximate surface area is 316 Å². The number of fused-ring (bicyclic) bond motifs is 7. The minimum atomic E-state index is 0.543. The number of rotatable bonds is 5. The van der Waals surface area contributed by atoms with Crippen LogP contribution in [0.15, 0.2) is 166 Å².